The maximum atomic E-state index is 11.5. The Morgan fingerprint density at radius 1 is 1.35 bits per heavy atom. The average molecular weight is 276 g/mol. The predicted molar refractivity (Wildman–Crippen MR) is 77.1 cm³/mol. The average Bonchev–Trinajstić information content (AvgIpc) is 3.08. The topological polar surface area (TPSA) is 35.5 Å². The lowest BCUT2D eigenvalue weighted by molar-refractivity contribution is -0.148. The van der Waals surface area contributed by atoms with Crippen LogP contribution in [0.3, 0.4) is 0 Å². The van der Waals surface area contributed by atoms with E-state index in [1.54, 1.807) is 6.92 Å². The number of carbonyl (C=O) groups is 1. The lowest BCUT2D eigenvalue weighted by Crippen LogP contribution is -2.27. The number of esters is 1. The summed E-state index contributed by atoms with van der Waals surface area (Å²) in [4.78, 5) is 11.5. The largest absolute Gasteiger partial charge is 0.457 e. The van der Waals surface area contributed by atoms with Crippen molar-refractivity contribution in [1.82, 2.24) is 0 Å². The molecule has 0 radical (unpaired) electrons. The quantitative estimate of drug-likeness (QED) is 0.440. The first-order chi connectivity index (χ1) is 9.58. The van der Waals surface area contributed by atoms with E-state index in [1.807, 2.05) is 6.92 Å². The molecule has 3 heteroatoms. The van der Waals surface area contributed by atoms with Crippen molar-refractivity contribution < 1.29 is 14.3 Å². The smallest absolute Gasteiger partial charge is 0.333 e. The van der Waals surface area contributed by atoms with Crippen LogP contribution in [0.1, 0.15) is 33.1 Å². The van der Waals surface area contributed by atoms with E-state index in [2.05, 4.69) is 18.7 Å². The zero-order valence-corrected chi connectivity index (χ0v) is 12.4. The third kappa shape index (κ3) is 2.32. The van der Waals surface area contributed by atoms with Crippen molar-refractivity contribution in [1.29, 1.82) is 0 Å². The van der Waals surface area contributed by atoms with Crippen LogP contribution in [0, 0.1) is 23.7 Å². The molecule has 3 nitrogen and oxygen atoms in total. The number of hydrogen-bond donors (Lipinski definition) is 0. The van der Waals surface area contributed by atoms with Gasteiger partial charge in [-0.3, -0.25) is 0 Å². The third-order valence-corrected chi connectivity index (χ3v) is 5.16. The predicted octanol–water partition coefficient (Wildman–Crippen LogP) is 3.11. The summed E-state index contributed by atoms with van der Waals surface area (Å²) in [6, 6.07) is 0. The van der Waals surface area contributed by atoms with Crippen molar-refractivity contribution >= 4 is 5.97 Å². The van der Waals surface area contributed by atoms with Gasteiger partial charge < -0.3 is 9.47 Å². The van der Waals surface area contributed by atoms with E-state index in [9.17, 15) is 4.79 Å². The molecule has 110 valence electrons. The Kier molecular flexibility index (Phi) is 3.72. The third-order valence-electron chi connectivity index (χ3n) is 5.16. The van der Waals surface area contributed by atoms with Crippen LogP contribution >= 0.6 is 0 Å². The molecule has 3 aliphatic carbocycles. The second-order valence-corrected chi connectivity index (χ2v) is 6.60. The minimum absolute atomic E-state index is 0.199. The highest BCUT2D eigenvalue weighted by atomic mass is 16.6. The molecule has 0 N–H and O–H groups in total. The van der Waals surface area contributed by atoms with Gasteiger partial charge in [-0.05, 0) is 56.8 Å². The van der Waals surface area contributed by atoms with Crippen molar-refractivity contribution in [3.8, 4) is 0 Å². The van der Waals surface area contributed by atoms with Gasteiger partial charge in [0.25, 0.3) is 0 Å². The molecule has 0 aromatic rings. The Bertz CT molecular complexity index is 440. The molecule has 6 atom stereocenters. The van der Waals surface area contributed by atoms with E-state index >= 15 is 0 Å². The molecule has 0 aromatic carbocycles. The van der Waals surface area contributed by atoms with E-state index in [0.29, 0.717) is 30.1 Å². The van der Waals surface area contributed by atoms with Crippen molar-refractivity contribution in [2.75, 3.05) is 6.61 Å². The first-order valence-electron chi connectivity index (χ1n) is 7.72. The van der Waals surface area contributed by atoms with Crippen LogP contribution in [0.2, 0.25) is 0 Å². The fourth-order valence-corrected chi connectivity index (χ4v) is 4.32. The van der Waals surface area contributed by atoms with Gasteiger partial charge >= 0.3 is 5.97 Å². The normalized spacial score (nSPS) is 38.8. The Labute approximate surface area is 121 Å². The van der Waals surface area contributed by atoms with E-state index in [-0.39, 0.29) is 12.1 Å². The van der Waals surface area contributed by atoms with Gasteiger partial charge in [0.15, 0.2) is 0 Å². The molecule has 3 aliphatic rings. The van der Waals surface area contributed by atoms with Crippen LogP contribution in [0.4, 0.5) is 0 Å². The number of ether oxygens (including phenoxy) is 2. The summed E-state index contributed by atoms with van der Waals surface area (Å²) in [6.07, 6.45) is 8.74. The maximum Gasteiger partial charge on any atom is 0.333 e. The van der Waals surface area contributed by atoms with Gasteiger partial charge in [0, 0.05) is 5.57 Å². The molecule has 2 fully saturated rings. The van der Waals surface area contributed by atoms with E-state index in [0.717, 1.165) is 11.8 Å². The number of carbonyl (C=O) groups excluding carboxylic acids is 1. The molecule has 3 rings (SSSR count). The van der Waals surface area contributed by atoms with Crippen LogP contribution in [0.5, 0.6) is 0 Å². The van der Waals surface area contributed by atoms with Gasteiger partial charge in [0.1, 0.15) is 6.10 Å². The lowest BCUT2D eigenvalue weighted by Gasteiger charge is -2.22. The highest BCUT2D eigenvalue weighted by Gasteiger charge is 2.54. The van der Waals surface area contributed by atoms with Gasteiger partial charge in [0.2, 0.25) is 0 Å². The molecule has 0 saturated heterocycles. The molecule has 0 aliphatic heterocycles. The van der Waals surface area contributed by atoms with Crippen molar-refractivity contribution in [3.05, 3.63) is 24.3 Å². The highest BCUT2D eigenvalue weighted by Crippen LogP contribution is 2.57. The van der Waals surface area contributed by atoms with Crippen molar-refractivity contribution in [2.24, 2.45) is 23.7 Å². The van der Waals surface area contributed by atoms with Crippen LogP contribution in [-0.2, 0) is 14.3 Å². The Hall–Kier alpha value is -1.09. The van der Waals surface area contributed by atoms with Crippen LogP contribution < -0.4 is 0 Å². The Morgan fingerprint density at radius 2 is 2.10 bits per heavy atom. The van der Waals surface area contributed by atoms with Gasteiger partial charge in [-0.1, -0.05) is 18.7 Å². The Balaban J connectivity index is 1.51. The second kappa shape index (κ2) is 5.36. The minimum Gasteiger partial charge on any atom is -0.457 e. The highest BCUT2D eigenvalue weighted by molar-refractivity contribution is 5.87. The van der Waals surface area contributed by atoms with Gasteiger partial charge in [-0.25, -0.2) is 4.79 Å². The Morgan fingerprint density at radius 3 is 2.80 bits per heavy atom. The fourth-order valence-electron chi connectivity index (χ4n) is 4.32. The first kappa shape index (κ1) is 13.9. The summed E-state index contributed by atoms with van der Waals surface area (Å²) in [5.41, 5.74) is 0.442. The monoisotopic (exact) mass is 276 g/mol. The summed E-state index contributed by atoms with van der Waals surface area (Å²) >= 11 is 0. The van der Waals surface area contributed by atoms with Crippen LogP contribution in [0.15, 0.2) is 24.3 Å². The molecule has 0 spiro atoms. The van der Waals surface area contributed by atoms with E-state index < -0.39 is 0 Å². The second-order valence-electron chi connectivity index (χ2n) is 6.60. The maximum absolute atomic E-state index is 11.5. The summed E-state index contributed by atoms with van der Waals surface area (Å²) in [6.45, 7) is 7.65. The molecular formula is C17H24O3. The van der Waals surface area contributed by atoms with Crippen LogP contribution in [0.25, 0.3) is 0 Å². The van der Waals surface area contributed by atoms with E-state index in [1.165, 1.54) is 19.3 Å². The molecular weight excluding hydrogens is 252 g/mol. The fraction of sp³-hybridized carbons (Fsp3) is 0.706. The van der Waals surface area contributed by atoms with Gasteiger partial charge in [-0.15, -0.1) is 0 Å². The summed E-state index contributed by atoms with van der Waals surface area (Å²) in [7, 11) is 0. The van der Waals surface area contributed by atoms with Crippen molar-refractivity contribution in [3.63, 3.8) is 0 Å². The molecule has 2 bridgehead atoms. The van der Waals surface area contributed by atoms with Crippen LogP contribution in [-0.4, -0.2) is 24.8 Å². The number of fused-ring (bicyclic) bond motifs is 5. The summed E-state index contributed by atoms with van der Waals surface area (Å²) < 4.78 is 11.4. The molecule has 0 aromatic heterocycles. The van der Waals surface area contributed by atoms with Gasteiger partial charge in [-0.2, -0.15) is 0 Å². The number of allylic oxidation sites excluding steroid dienone is 2. The zero-order valence-electron chi connectivity index (χ0n) is 12.4. The van der Waals surface area contributed by atoms with E-state index in [4.69, 9.17) is 9.47 Å². The molecule has 2 saturated carbocycles. The minimum atomic E-state index is -0.324. The molecule has 20 heavy (non-hydrogen) atoms. The van der Waals surface area contributed by atoms with Crippen molar-refractivity contribution in [2.45, 2.75) is 45.3 Å². The number of hydrogen-bond acceptors (Lipinski definition) is 3. The SMILES string of the molecule is C=C(C)C(=O)OC(C)COC1C2CCC1C1CC=CC12. The van der Waals surface area contributed by atoms with Gasteiger partial charge in [0.05, 0.1) is 12.7 Å². The lowest BCUT2D eigenvalue weighted by atomic mass is 9.82. The summed E-state index contributed by atoms with van der Waals surface area (Å²) in [5, 5.41) is 0. The zero-order chi connectivity index (χ0) is 14.3. The molecule has 0 heterocycles. The standard InChI is InChI=1S/C17H24O3/c1-10(2)17(18)20-11(3)9-19-16-14-7-8-15(16)13-6-4-5-12(13)14/h4-5,11-16H,1,6-9H2,2-3H3. The first-order valence-corrected chi connectivity index (χ1v) is 7.72. The molecule has 0 amide bonds. The summed E-state index contributed by atoms with van der Waals surface area (Å²) in [5.74, 6) is 2.63. The molecule has 6 unspecified atom stereocenters. The number of rotatable bonds is 5.